The van der Waals surface area contributed by atoms with Crippen molar-refractivity contribution in [2.75, 3.05) is 0 Å². The molecular weight excluding hydrogens is 420 g/mol. The lowest BCUT2D eigenvalue weighted by Crippen LogP contribution is -2.07. The molecule has 1 aromatic heterocycles. The van der Waals surface area contributed by atoms with Crippen LogP contribution >= 0.6 is 27.7 Å². The maximum absolute atomic E-state index is 12.5. The summed E-state index contributed by atoms with van der Waals surface area (Å²) in [5.41, 5.74) is 0.496. The molecule has 0 unspecified atom stereocenters. The number of hydrogen-bond acceptors (Lipinski definition) is 5. The highest BCUT2D eigenvalue weighted by molar-refractivity contribution is 9.10. The summed E-state index contributed by atoms with van der Waals surface area (Å²) in [4.78, 5) is 10.0. The molecule has 0 bridgehead atoms. The molecule has 1 heterocycles. The molecule has 25 heavy (non-hydrogen) atoms. The van der Waals surface area contributed by atoms with Crippen LogP contribution in [0, 0.1) is 6.92 Å². The van der Waals surface area contributed by atoms with Crippen LogP contribution in [0.2, 0.25) is 0 Å². The number of benzene rings is 2. The minimum atomic E-state index is -3.43. The van der Waals surface area contributed by atoms with E-state index in [9.17, 15) is 8.42 Å². The molecule has 0 N–H and O–H groups in total. The SMILES string of the molecule is Cc1nc(CS(=O)(=O)c2ccccc2)cc(Sc2ccc(Br)cc2)n1. The van der Waals surface area contributed by atoms with Crippen LogP contribution < -0.4 is 0 Å². The third kappa shape index (κ3) is 4.90. The van der Waals surface area contributed by atoms with E-state index in [1.165, 1.54) is 11.8 Å². The maximum Gasteiger partial charge on any atom is 0.184 e. The van der Waals surface area contributed by atoms with Crippen molar-refractivity contribution in [2.45, 2.75) is 27.5 Å². The van der Waals surface area contributed by atoms with Gasteiger partial charge in [0.15, 0.2) is 9.84 Å². The molecule has 0 aliphatic carbocycles. The Labute approximate surface area is 159 Å². The van der Waals surface area contributed by atoms with E-state index in [4.69, 9.17) is 0 Å². The molecule has 0 radical (unpaired) electrons. The number of aromatic nitrogens is 2. The Bertz CT molecular complexity index is 976. The van der Waals surface area contributed by atoms with Gasteiger partial charge in [-0.25, -0.2) is 18.4 Å². The van der Waals surface area contributed by atoms with Gasteiger partial charge in [-0.05, 0) is 49.4 Å². The first kappa shape index (κ1) is 18.1. The van der Waals surface area contributed by atoms with Crippen molar-refractivity contribution in [3.63, 3.8) is 0 Å². The van der Waals surface area contributed by atoms with Crippen LogP contribution in [0.15, 0.2) is 80.0 Å². The van der Waals surface area contributed by atoms with E-state index in [2.05, 4.69) is 25.9 Å². The van der Waals surface area contributed by atoms with Crippen LogP contribution in [0.4, 0.5) is 0 Å². The van der Waals surface area contributed by atoms with Gasteiger partial charge in [-0.15, -0.1) is 0 Å². The Morgan fingerprint density at radius 3 is 2.36 bits per heavy atom. The topological polar surface area (TPSA) is 59.9 Å². The molecule has 0 atom stereocenters. The van der Waals surface area contributed by atoms with E-state index in [0.717, 1.165) is 14.4 Å². The zero-order valence-corrected chi connectivity index (χ0v) is 16.6. The fraction of sp³-hybridized carbons (Fsp3) is 0.111. The lowest BCUT2D eigenvalue weighted by atomic mass is 10.4. The number of nitrogens with zero attached hydrogens (tertiary/aromatic N) is 2. The van der Waals surface area contributed by atoms with Gasteiger partial charge < -0.3 is 0 Å². The minimum Gasteiger partial charge on any atom is -0.237 e. The van der Waals surface area contributed by atoms with Crippen LogP contribution in [0.1, 0.15) is 11.5 Å². The lowest BCUT2D eigenvalue weighted by Gasteiger charge is -2.07. The van der Waals surface area contributed by atoms with Crippen molar-refractivity contribution in [3.05, 3.63) is 76.7 Å². The number of halogens is 1. The summed E-state index contributed by atoms with van der Waals surface area (Å²) < 4.78 is 26.1. The lowest BCUT2D eigenvalue weighted by molar-refractivity contribution is 0.594. The van der Waals surface area contributed by atoms with Crippen molar-refractivity contribution in [1.29, 1.82) is 0 Å². The minimum absolute atomic E-state index is 0.145. The highest BCUT2D eigenvalue weighted by Crippen LogP contribution is 2.28. The second kappa shape index (κ2) is 7.68. The number of rotatable bonds is 5. The van der Waals surface area contributed by atoms with Crippen LogP contribution in [-0.4, -0.2) is 18.4 Å². The van der Waals surface area contributed by atoms with Gasteiger partial charge in [0.25, 0.3) is 0 Å². The standard InChI is InChI=1S/C18H15BrN2O2S2/c1-13-20-15(12-25(22,23)17-5-3-2-4-6-17)11-18(21-13)24-16-9-7-14(19)8-10-16/h2-11H,12H2,1H3. The molecule has 0 saturated heterocycles. The number of aryl methyl sites for hydroxylation is 1. The Morgan fingerprint density at radius 1 is 1.00 bits per heavy atom. The van der Waals surface area contributed by atoms with E-state index < -0.39 is 9.84 Å². The van der Waals surface area contributed by atoms with Crippen molar-refractivity contribution in [3.8, 4) is 0 Å². The first-order chi connectivity index (χ1) is 11.9. The van der Waals surface area contributed by atoms with Gasteiger partial charge in [0.05, 0.1) is 16.3 Å². The van der Waals surface area contributed by atoms with Crippen LogP contribution in [0.5, 0.6) is 0 Å². The molecule has 7 heteroatoms. The Balaban J connectivity index is 1.85. The quantitative estimate of drug-likeness (QED) is 0.545. The molecule has 0 aliphatic heterocycles. The second-order valence-electron chi connectivity index (χ2n) is 5.37. The van der Waals surface area contributed by atoms with Gasteiger partial charge in [0.2, 0.25) is 0 Å². The van der Waals surface area contributed by atoms with E-state index >= 15 is 0 Å². The van der Waals surface area contributed by atoms with Crippen LogP contribution in [0.3, 0.4) is 0 Å². The Hall–Kier alpha value is -1.70. The average Bonchev–Trinajstić information content (AvgIpc) is 2.57. The molecule has 0 aliphatic rings. The number of hydrogen-bond donors (Lipinski definition) is 0. The van der Waals surface area contributed by atoms with Crippen molar-refractivity contribution in [2.24, 2.45) is 0 Å². The van der Waals surface area contributed by atoms with Gasteiger partial charge in [-0.1, -0.05) is 45.9 Å². The molecule has 0 saturated carbocycles. The molecule has 0 amide bonds. The monoisotopic (exact) mass is 434 g/mol. The van der Waals surface area contributed by atoms with Gasteiger partial charge in [-0.2, -0.15) is 0 Å². The van der Waals surface area contributed by atoms with Crippen molar-refractivity contribution < 1.29 is 8.42 Å². The Kier molecular flexibility index (Phi) is 5.56. The van der Waals surface area contributed by atoms with Gasteiger partial charge in [-0.3, -0.25) is 0 Å². The van der Waals surface area contributed by atoms with Crippen molar-refractivity contribution >= 4 is 37.5 Å². The fourth-order valence-electron chi connectivity index (χ4n) is 2.25. The molecule has 0 spiro atoms. The predicted molar refractivity (Wildman–Crippen MR) is 102 cm³/mol. The van der Waals surface area contributed by atoms with Gasteiger partial charge in [0.1, 0.15) is 10.9 Å². The maximum atomic E-state index is 12.5. The highest BCUT2D eigenvalue weighted by atomic mass is 79.9. The van der Waals surface area contributed by atoms with Gasteiger partial charge in [0, 0.05) is 9.37 Å². The summed E-state index contributed by atoms with van der Waals surface area (Å²) in [5, 5.41) is 0.730. The zero-order valence-electron chi connectivity index (χ0n) is 13.4. The molecule has 3 rings (SSSR count). The molecule has 0 fully saturated rings. The summed E-state index contributed by atoms with van der Waals surface area (Å²) >= 11 is 4.89. The highest BCUT2D eigenvalue weighted by Gasteiger charge is 2.17. The summed E-state index contributed by atoms with van der Waals surface area (Å²) in [5.74, 6) is 0.411. The van der Waals surface area contributed by atoms with E-state index in [0.29, 0.717) is 16.4 Å². The van der Waals surface area contributed by atoms with Crippen molar-refractivity contribution in [1.82, 2.24) is 9.97 Å². The second-order valence-corrected chi connectivity index (χ2v) is 9.37. The molecule has 3 aromatic rings. The normalized spacial score (nSPS) is 11.4. The number of sulfone groups is 1. The molecular formula is C18H15BrN2O2S2. The first-order valence-corrected chi connectivity index (χ1v) is 10.7. The third-order valence-electron chi connectivity index (χ3n) is 3.34. The molecule has 2 aromatic carbocycles. The largest absolute Gasteiger partial charge is 0.237 e. The van der Waals surface area contributed by atoms with Gasteiger partial charge >= 0.3 is 0 Å². The van der Waals surface area contributed by atoms with E-state index in [1.54, 1.807) is 43.3 Å². The summed E-state index contributed by atoms with van der Waals surface area (Å²) in [6.07, 6.45) is 0. The average molecular weight is 435 g/mol. The first-order valence-electron chi connectivity index (χ1n) is 7.48. The Morgan fingerprint density at radius 2 is 1.68 bits per heavy atom. The summed E-state index contributed by atoms with van der Waals surface area (Å²) in [7, 11) is -3.43. The van der Waals surface area contributed by atoms with E-state index in [-0.39, 0.29) is 5.75 Å². The third-order valence-corrected chi connectivity index (χ3v) is 6.46. The smallest absolute Gasteiger partial charge is 0.184 e. The summed E-state index contributed by atoms with van der Waals surface area (Å²) in [6, 6.07) is 18.0. The van der Waals surface area contributed by atoms with Crippen LogP contribution in [0.25, 0.3) is 0 Å². The van der Waals surface area contributed by atoms with Crippen LogP contribution in [-0.2, 0) is 15.6 Å². The zero-order chi connectivity index (χ0) is 17.9. The molecule has 4 nitrogen and oxygen atoms in total. The fourth-order valence-corrected chi connectivity index (χ4v) is 4.68. The van der Waals surface area contributed by atoms with E-state index in [1.807, 2.05) is 24.3 Å². The predicted octanol–water partition coefficient (Wildman–Crippen LogP) is 4.67. The summed E-state index contributed by atoms with van der Waals surface area (Å²) in [6.45, 7) is 1.77. The molecule has 128 valence electrons.